The van der Waals surface area contributed by atoms with E-state index in [2.05, 4.69) is 58.0 Å². The predicted octanol–water partition coefficient (Wildman–Crippen LogP) is 4.45. The van der Waals surface area contributed by atoms with Gasteiger partial charge in [-0.1, -0.05) is 52.1 Å². The largest absolute Gasteiger partial charge is 0.285 e. The Morgan fingerprint density at radius 3 is 2.53 bits per heavy atom. The number of hydrogen-bond donors (Lipinski definition) is 0. The van der Waals surface area contributed by atoms with Crippen LogP contribution in [0.2, 0.25) is 19.6 Å². The average Bonchev–Trinajstić information content (AvgIpc) is 2.28. The van der Waals surface area contributed by atoms with E-state index in [4.69, 9.17) is 0 Å². The summed E-state index contributed by atoms with van der Waals surface area (Å²) in [7, 11) is -1.44. The van der Waals surface area contributed by atoms with Crippen molar-refractivity contribution in [3.8, 4) is 11.5 Å². The van der Waals surface area contributed by atoms with E-state index in [0.29, 0.717) is 24.2 Å². The summed E-state index contributed by atoms with van der Waals surface area (Å²) in [5, 5.41) is 0. The minimum atomic E-state index is -1.44. The molecule has 0 aromatic carbocycles. The number of rotatable bonds is 3. The fourth-order valence-corrected chi connectivity index (χ4v) is 2.91. The lowest BCUT2D eigenvalue weighted by atomic mass is 9.77. The van der Waals surface area contributed by atoms with Crippen molar-refractivity contribution in [3.63, 3.8) is 0 Å². The highest BCUT2D eigenvalue weighted by molar-refractivity contribution is 6.84. The van der Waals surface area contributed by atoms with Crippen molar-refractivity contribution in [2.45, 2.75) is 59.7 Å². The quantitative estimate of drug-likeness (QED) is 0.423. The molecule has 0 saturated heterocycles. The lowest BCUT2D eigenvalue weighted by Crippen LogP contribution is -2.19. The van der Waals surface area contributed by atoms with Gasteiger partial charge in [0, 0.05) is 6.42 Å². The van der Waals surface area contributed by atoms with E-state index in [-0.39, 0.29) is 5.78 Å². The SMILES string of the molecule is CC(C)[C@H]1C=C(CC(=O)C#C[Si](C)(C)C)[C@H](C)CC1. The minimum absolute atomic E-state index is 0.102. The smallest absolute Gasteiger partial charge is 0.208 e. The number of allylic oxidation sites excluding steroid dienone is 2. The topological polar surface area (TPSA) is 17.1 Å². The van der Waals surface area contributed by atoms with E-state index in [1.54, 1.807) is 0 Å². The first-order valence-electron chi connectivity index (χ1n) is 7.45. The molecule has 2 atom stereocenters. The second kappa shape index (κ2) is 6.57. The van der Waals surface area contributed by atoms with Crippen LogP contribution in [0.3, 0.4) is 0 Å². The first-order chi connectivity index (χ1) is 8.69. The zero-order valence-electron chi connectivity index (χ0n) is 13.3. The van der Waals surface area contributed by atoms with Crippen LogP contribution in [-0.4, -0.2) is 13.9 Å². The molecule has 0 heterocycles. The molecule has 2 heteroatoms. The molecule has 1 rings (SSSR count). The third-order valence-corrected chi connectivity index (χ3v) is 4.67. The van der Waals surface area contributed by atoms with Crippen LogP contribution in [0, 0.1) is 29.2 Å². The average molecular weight is 276 g/mol. The number of hydrogen-bond acceptors (Lipinski definition) is 1. The third-order valence-electron chi connectivity index (χ3n) is 3.79. The van der Waals surface area contributed by atoms with Crippen molar-refractivity contribution in [2.24, 2.45) is 17.8 Å². The van der Waals surface area contributed by atoms with Crippen LogP contribution in [0.4, 0.5) is 0 Å². The molecular formula is C17H28OSi. The summed E-state index contributed by atoms with van der Waals surface area (Å²) in [4.78, 5) is 12.0. The van der Waals surface area contributed by atoms with Gasteiger partial charge in [-0.25, -0.2) is 0 Å². The monoisotopic (exact) mass is 276 g/mol. The number of ketones is 1. The molecule has 0 fully saturated rings. The number of carbonyl (C=O) groups is 1. The molecule has 19 heavy (non-hydrogen) atoms. The van der Waals surface area contributed by atoms with Crippen molar-refractivity contribution in [1.82, 2.24) is 0 Å². The van der Waals surface area contributed by atoms with E-state index in [1.165, 1.54) is 18.4 Å². The Morgan fingerprint density at radius 1 is 1.37 bits per heavy atom. The molecule has 106 valence electrons. The molecular weight excluding hydrogens is 248 g/mol. The summed E-state index contributed by atoms with van der Waals surface area (Å²) in [6.45, 7) is 13.3. The lowest BCUT2D eigenvalue weighted by molar-refractivity contribution is -0.113. The molecule has 0 aromatic heterocycles. The highest BCUT2D eigenvalue weighted by atomic mass is 28.3. The summed E-state index contributed by atoms with van der Waals surface area (Å²) >= 11 is 0. The molecule has 0 amide bonds. The summed E-state index contributed by atoms with van der Waals surface area (Å²) in [5.41, 5.74) is 4.49. The van der Waals surface area contributed by atoms with E-state index >= 15 is 0 Å². The molecule has 1 aliphatic rings. The first-order valence-corrected chi connectivity index (χ1v) is 11.0. The van der Waals surface area contributed by atoms with Crippen molar-refractivity contribution in [3.05, 3.63) is 11.6 Å². The predicted molar refractivity (Wildman–Crippen MR) is 85.6 cm³/mol. The van der Waals surface area contributed by atoms with Gasteiger partial charge in [-0.3, -0.25) is 4.79 Å². The van der Waals surface area contributed by atoms with Crippen molar-refractivity contribution < 1.29 is 4.79 Å². The zero-order valence-corrected chi connectivity index (χ0v) is 14.3. The Balaban J connectivity index is 2.73. The number of carbonyl (C=O) groups excluding carboxylic acids is 1. The fraction of sp³-hybridized carbons (Fsp3) is 0.706. The Kier molecular flexibility index (Phi) is 5.61. The van der Waals surface area contributed by atoms with Gasteiger partial charge in [-0.2, -0.15) is 0 Å². The Hall–Kier alpha value is -0.813. The molecule has 1 nitrogen and oxygen atoms in total. The standard InChI is InChI=1S/C17H28OSi/c1-13(2)15-8-7-14(3)16(11-15)12-17(18)9-10-19(4,5)6/h11,13-15H,7-8,12H2,1-6H3/t14-,15-/m1/s1. The second-order valence-electron chi connectivity index (χ2n) is 7.23. The maximum Gasteiger partial charge on any atom is 0.208 e. The molecule has 0 spiro atoms. The Bertz CT molecular complexity index is 415. The van der Waals surface area contributed by atoms with E-state index < -0.39 is 8.07 Å². The summed E-state index contributed by atoms with van der Waals surface area (Å²) in [6.07, 6.45) is 5.37. The van der Waals surface area contributed by atoms with Crippen LogP contribution in [0.1, 0.15) is 40.0 Å². The molecule has 0 unspecified atom stereocenters. The maximum atomic E-state index is 12.0. The van der Waals surface area contributed by atoms with Gasteiger partial charge in [0.15, 0.2) is 0 Å². The van der Waals surface area contributed by atoms with Crippen molar-refractivity contribution in [2.75, 3.05) is 0 Å². The van der Waals surface area contributed by atoms with E-state index in [1.807, 2.05) is 0 Å². The molecule has 0 saturated carbocycles. The van der Waals surface area contributed by atoms with Crippen LogP contribution in [0.5, 0.6) is 0 Å². The van der Waals surface area contributed by atoms with Crippen LogP contribution in [0.15, 0.2) is 11.6 Å². The van der Waals surface area contributed by atoms with Crippen LogP contribution < -0.4 is 0 Å². The maximum absolute atomic E-state index is 12.0. The van der Waals surface area contributed by atoms with Gasteiger partial charge in [0.05, 0.1) is 0 Å². The minimum Gasteiger partial charge on any atom is -0.285 e. The molecule has 0 N–H and O–H groups in total. The lowest BCUT2D eigenvalue weighted by Gasteiger charge is -2.28. The molecule has 1 aliphatic carbocycles. The van der Waals surface area contributed by atoms with Gasteiger partial charge < -0.3 is 0 Å². The highest BCUT2D eigenvalue weighted by Gasteiger charge is 2.22. The zero-order chi connectivity index (χ0) is 14.6. The van der Waals surface area contributed by atoms with Crippen molar-refractivity contribution in [1.29, 1.82) is 0 Å². The normalized spacial score (nSPS) is 23.6. The second-order valence-corrected chi connectivity index (χ2v) is 12.0. The van der Waals surface area contributed by atoms with Crippen LogP contribution >= 0.6 is 0 Å². The Morgan fingerprint density at radius 2 is 2.00 bits per heavy atom. The fourth-order valence-electron chi connectivity index (χ4n) is 2.40. The molecule has 0 aromatic rings. The van der Waals surface area contributed by atoms with Crippen LogP contribution in [0.25, 0.3) is 0 Å². The molecule has 0 bridgehead atoms. The van der Waals surface area contributed by atoms with Gasteiger partial charge >= 0.3 is 0 Å². The summed E-state index contributed by atoms with van der Waals surface area (Å²) < 4.78 is 0. The van der Waals surface area contributed by atoms with Gasteiger partial charge in [0.2, 0.25) is 5.78 Å². The molecule has 0 aliphatic heterocycles. The van der Waals surface area contributed by atoms with Crippen LogP contribution in [-0.2, 0) is 4.79 Å². The first kappa shape index (κ1) is 16.2. The van der Waals surface area contributed by atoms with Crippen molar-refractivity contribution >= 4 is 13.9 Å². The van der Waals surface area contributed by atoms with E-state index in [9.17, 15) is 4.79 Å². The molecule has 0 radical (unpaired) electrons. The van der Waals surface area contributed by atoms with Gasteiger partial charge in [-0.15, -0.1) is 5.54 Å². The third kappa shape index (κ3) is 5.78. The van der Waals surface area contributed by atoms with E-state index in [0.717, 1.165) is 0 Å². The van der Waals surface area contributed by atoms with Gasteiger partial charge in [0.25, 0.3) is 0 Å². The Labute approximate surface area is 119 Å². The summed E-state index contributed by atoms with van der Waals surface area (Å²) in [5.74, 6) is 4.83. The van der Waals surface area contributed by atoms with Gasteiger partial charge in [0.1, 0.15) is 8.07 Å². The van der Waals surface area contributed by atoms with Gasteiger partial charge in [-0.05, 0) is 36.5 Å². The summed E-state index contributed by atoms with van der Waals surface area (Å²) in [6, 6.07) is 0. The highest BCUT2D eigenvalue weighted by Crippen LogP contribution is 2.33. The number of Topliss-reactive ketones (excluding diaryl/α,β-unsaturated/α-hetero) is 1.